The van der Waals surface area contributed by atoms with Gasteiger partial charge in [-0.2, -0.15) is 0 Å². The molecule has 5 heteroatoms. The molecule has 0 fully saturated rings. The first-order valence-electron chi connectivity index (χ1n) is 7.65. The van der Waals surface area contributed by atoms with Gasteiger partial charge < -0.3 is 14.6 Å². The molecule has 1 aromatic carbocycles. The lowest BCUT2D eigenvalue weighted by Crippen LogP contribution is -2.42. The number of ether oxygens (including phenoxy) is 2. The van der Waals surface area contributed by atoms with Gasteiger partial charge in [0.05, 0.1) is 12.2 Å². The van der Waals surface area contributed by atoms with E-state index in [4.69, 9.17) is 9.47 Å². The molecule has 1 N–H and O–H groups in total. The third-order valence-electron chi connectivity index (χ3n) is 3.38. The van der Waals surface area contributed by atoms with E-state index in [1.165, 1.54) is 19.1 Å². The molecule has 4 nitrogen and oxygen atoms in total. The Kier molecular flexibility index (Phi) is 8.06. The minimum atomic E-state index is -0.911. The molecule has 0 aromatic heterocycles. The molecule has 0 radical (unpaired) electrons. The van der Waals surface area contributed by atoms with Gasteiger partial charge >= 0.3 is 5.97 Å². The Hall–Kier alpha value is -1.46. The summed E-state index contributed by atoms with van der Waals surface area (Å²) in [6.07, 6.45) is 0.102. The first-order valence-corrected chi connectivity index (χ1v) is 7.65. The summed E-state index contributed by atoms with van der Waals surface area (Å²) >= 11 is 0. The summed E-state index contributed by atoms with van der Waals surface area (Å²) in [5.74, 6) is -0.792. The Labute approximate surface area is 131 Å². The molecule has 0 bridgehead atoms. The first kappa shape index (κ1) is 18.6. The summed E-state index contributed by atoms with van der Waals surface area (Å²) in [7, 11) is 0. The van der Waals surface area contributed by atoms with Crippen LogP contribution in [0.25, 0.3) is 0 Å². The van der Waals surface area contributed by atoms with E-state index in [9.17, 15) is 14.3 Å². The second-order valence-electron chi connectivity index (χ2n) is 5.40. The smallest absolute Gasteiger partial charge is 0.303 e. The van der Waals surface area contributed by atoms with E-state index >= 15 is 0 Å². The van der Waals surface area contributed by atoms with Crippen molar-refractivity contribution in [3.8, 4) is 0 Å². The Bertz CT molecular complexity index is 446. The number of carbonyl (C=O) groups is 1. The number of aliphatic hydroxyl groups is 1. The Morgan fingerprint density at radius 1 is 1.32 bits per heavy atom. The number of aliphatic hydroxyl groups excluding tert-OH is 1. The molecule has 124 valence electrons. The van der Waals surface area contributed by atoms with Crippen LogP contribution in [0, 0.1) is 5.82 Å². The van der Waals surface area contributed by atoms with Gasteiger partial charge in [0.1, 0.15) is 5.82 Å². The lowest BCUT2D eigenvalue weighted by atomic mass is 10.0. The van der Waals surface area contributed by atoms with E-state index in [1.807, 2.05) is 0 Å². The quantitative estimate of drug-likeness (QED) is 0.563. The van der Waals surface area contributed by atoms with Crippen molar-refractivity contribution in [2.24, 2.45) is 0 Å². The van der Waals surface area contributed by atoms with Crippen LogP contribution in [0.4, 0.5) is 4.39 Å². The number of unbranched alkanes of at least 4 members (excludes halogenated alkanes) is 1. The Morgan fingerprint density at radius 3 is 2.50 bits per heavy atom. The number of hydrogen-bond acceptors (Lipinski definition) is 4. The maximum absolute atomic E-state index is 12.9. The van der Waals surface area contributed by atoms with Crippen LogP contribution in [0.15, 0.2) is 24.3 Å². The summed E-state index contributed by atoms with van der Waals surface area (Å²) in [5, 5.41) is 10.4. The second kappa shape index (κ2) is 9.54. The highest BCUT2D eigenvalue weighted by Crippen LogP contribution is 2.15. The molecule has 0 aliphatic carbocycles. The topological polar surface area (TPSA) is 55.8 Å². The molecule has 1 rings (SSSR count). The second-order valence-corrected chi connectivity index (χ2v) is 5.40. The number of hydrogen-bond donors (Lipinski definition) is 1. The number of carbonyl (C=O) groups excluding carboxylic acids is 1. The summed E-state index contributed by atoms with van der Waals surface area (Å²) in [5.41, 5.74) is 0.770. The molecule has 0 aliphatic rings. The normalized spacial score (nSPS) is 15.1. The van der Waals surface area contributed by atoms with Crippen molar-refractivity contribution in [3.05, 3.63) is 35.6 Å². The summed E-state index contributed by atoms with van der Waals surface area (Å²) in [6.45, 7) is 5.69. The van der Waals surface area contributed by atoms with E-state index in [-0.39, 0.29) is 12.2 Å². The maximum atomic E-state index is 12.9. The molecule has 0 amide bonds. The van der Waals surface area contributed by atoms with E-state index in [0.29, 0.717) is 6.61 Å². The van der Waals surface area contributed by atoms with Gasteiger partial charge in [0.25, 0.3) is 0 Å². The number of rotatable bonds is 9. The van der Waals surface area contributed by atoms with Gasteiger partial charge in [0.2, 0.25) is 0 Å². The van der Waals surface area contributed by atoms with Crippen LogP contribution in [0.3, 0.4) is 0 Å². The van der Waals surface area contributed by atoms with Gasteiger partial charge in [-0.15, -0.1) is 0 Å². The van der Waals surface area contributed by atoms with Crippen molar-refractivity contribution in [2.45, 2.75) is 58.3 Å². The van der Waals surface area contributed by atoms with Crippen molar-refractivity contribution in [1.29, 1.82) is 0 Å². The molecular formula is C17H25FO4. The van der Waals surface area contributed by atoms with Crippen molar-refractivity contribution >= 4 is 5.97 Å². The fraction of sp³-hybridized carbons (Fsp3) is 0.588. The van der Waals surface area contributed by atoms with Gasteiger partial charge in [0.15, 0.2) is 6.10 Å². The van der Waals surface area contributed by atoms with Gasteiger partial charge in [0, 0.05) is 20.0 Å². The van der Waals surface area contributed by atoms with E-state index in [0.717, 1.165) is 18.4 Å². The summed E-state index contributed by atoms with van der Waals surface area (Å²) in [6, 6.07) is 5.88. The Morgan fingerprint density at radius 2 is 1.95 bits per heavy atom. The van der Waals surface area contributed by atoms with Crippen LogP contribution < -0.4 is 0 Å². The highest BCUT2D eigenvalue weighted by molar-refractivity contribution is 5.66. The average Bonchev–Trinajstić information content (AvgIpc) is 2.47. The van der Waals surface area contributed by atoms with E-state index in [1.54, 1.807) is 19.1 Å². The number of esters is 1. The maximum Gasteiger partial charge on any atom is 0.303 e. The third kappa shape index (κ3) is 6.54. The van der Waals surface area contributed by atoms with Gasteiger partial charge in [-0.25, -0.2) is 4.39 Å². The zero-order valence-corrected chi connectivity index (χ0v) is 13.4. The zero-order valence-electron chi connectivity index (χ0n) is 13.4. The largest absolute Gasteiger partial charge is 0.457 e. The fourth-order valence-corrected chi connectivity index (χ4v) is 2.17. The van der Waals surface area contributed by atoms with Crippen molar-refractivity contribution in [2.75, 3.05) is 6.61 Å². The first-order chi connectivity index (χ1) is 10.4. The van der Waals surface area contributed by atoms with Crippen LogP contribution in [0.1, 0.15) is 39.2 Å². The van der Waals surface area contributed by atoms with Crippen molar-refractivity contribution in [1.82, 2.24) is 0 Å². The fourth-order valence-electron chi connectivity index (χ4n) is 2.17. The minimum absolute atomic E-state index is 0.264. The van der Waals surface area contributed by atoms with Crippen LogP contribution >= 0.6 is 0 Å². The minimum Gasteiger partial charge on any atom is -0.457 e. The molecule has 0 saturated carbocycles. The van der Waals surface area contributed by atoms with E-state index < -0.39 is 24.3 Å². The predicted molar refractivity (Wildman–Crippen MR) is 82.0 cm³/mol. The number of benzene rings is 1. The zero-order chi connectivity index (χ0) is 16.5. The Balaban J connectivity index is 2.67. The standard InChI is InChI=1S/C17H25FO4/c1-4-5-10-21-12(2)17(22-13(3)19)16(20)11-14-6-8-15(18)9-7-14/h6-9,12,16-17,20H,4-5,10-11H2,1-3H3/t12-,16+,17-/m0/s1. The SMILES string of the molecule is CCCCO[C@@H](C)[C@H](OC(C)=O)[C@H](O)Cc1ccc(F)cc1. The summed E-state index contributed by atoms with van der Waals surface area (Å²) < 4.78 is 23.7. The van der Waals surface area contributed by atoms with Crippen molar-refractivity contribution < 1.29 is 23.8 Å². The van der Waals surface area contributed by atoms with Crippen LogP contribution in [0.5, 0.6) is 0 Å². The van der Waals surface area contributed by atoms with Gasteiger partial charge in [-0.1, -0.05) is 25.5 Å². The molecule has 0 heterocycles. The monoisotopic (exact) mass is 312 g/mol. The van der Waals surface area contributed by atoms with Crippen LogP contribution in [-0.4, -0.2) is 36.0 Å². The molecule has 0 aliphatic heterocycles. The predicted octanol–water partition coefficient (Wildman–Crippen LogP) is 2.87. The van der Waals surface area contributed by atoms with Crippen LogP contribution in [0.2, 0.25) is 0 Å². The molecule has 0 spiro atoms. The van der Waals surface area contributed by atoms with Gasteiger partial charge in [-0.3, -0.25) is 4.79 Å². The molecular weight excluding hydrogens is 287 g/mol. The van der Waals surface area contributed by atoms with E-state index in [2.05, 4.69) is 6.92 Å². The molecule has 3 atom stereocenters. The highest BCUT2D eigenvalue weighted by atomic mass is 19.1. The number of halogens is 1. The average molecular weight is 312 g/mol. The molecule has 0 saturated heterocycles. The molecule has 22 heavy (non-hydrogen) atoms. The van der Waals surface area contributed by atoms with Gasteiger partial charge in [-0.05, 0) is 31.0 Å². The lowest BCUT2D eigenvalue weighted by Gasteiger charge is -2.28. The summed E-state index contributed by atoms with van der Waals surface area (Å²) in [4.78, 5) is 11.3. The third-order valence-corrected chi connectivity index (χ3v) is 3.38. The van der Waals surface area contributed by atoms with Crippen molar-refractivity contribution in [3.63, 3.8) is 0 Å². The lowest BCUT2D eigenvalue weighted by molar-refractivity contribution is -0.164. The highest BCUT2D eigenvalue weighted by Gasteiger charge is 2.29. The molecule has 0 unspecified atom stereocenters. The van der Waals surface area contributed by atoms with Crippen LogP contribution in [-0.2, 0) is 20.7 Å². The molecule has 1 aromatic rings.